The number of hydrogen-bond donors (Lipinski definition) is 2. The Labute approximate surface area is 223 Å². The zero-order valence-electron chi connectivity index (χ0n) is 22.1. The molecule has 0 aliphatic carbocycles. The number of pyridine rings is 2. The average molecular weight is 532 g/mol. The molecule has 0 saturated carbocycles. The number of nitrogens with zero attached hydrogens (tertiary/aromatic N) is 2. The summed E-state index contributed by atoms with van der Waals surface area (Å²) in [5, 5.41) is 11.5. The first-order valence-corrected chi connectivity index (χ1v) is 14.2. The summed E-state index contributed by atoms with van der Waals surface area (Å²) in [6, 6.07) is 17.5. The van der Waals surface area contributed by atoms with Gasteiger partial charge >= 0.3 is 0 Å². The van der Waals surface area contributed by atoms with Crippen molar-refractivity contribution in [2.75, 3.05) is 4.90 Å². The maximum Gasteiger partial charge on any atom is 0.271 e. The van der Waals surface area contributed by atoms with Gasteiger partial charge in [-0.15, -0.1) is 0 Å². The molecule has 0 saturated heterocycles. The second-order valence-electron chi connectivity index (χ2n) is 9.58. The van der Waals surface area contributed by atoms with Gasteiger partial charge in [0.25, 0.3) is 5.56 Å². The Bertz CT molecular complexity index is 1580. The van der Waals surface area contributed by atoms with Gasteiger partial charge in [-0.2, -0.15) is 0 Å². The number of H-pyrrole nitrogens is 1. The summed E-state index contributed by atoms with van der Waals surface area (Å²) in [6.45, 7) is 7.87. The maximum atomic E-state index is 13.8. The summed E-state index contributed by atoms with van der Waals surface area (Å²) in [5.74, 6) is -0.536. The largest absolute Gasteiger partial charge is 0.504 e. The zero-order chi connectivity index (χ0) is 27.4. The number of benzene rings is 2. The second kappa shape index (κ2) is 11.2. The molecule has 198 valence electrons. The highest BCUT2D eigenvalue weighted by Crippen LogP contribution is 2.41. The monoisotopic (exact) mass is 531 g/mol. The first-order chi connectivity index (χ1) is 18.2. The molecule has 0 fully saturated rings. The van der Waals surface area contributed by atoms with Crippen LogP contribution in [-0.2, 0) is 16.3 Å². The summed E-state index contributed by atoms with van der Waals surface area (Å²) in [6.07, 6.45) is 5.56. The van der Waals surface area contributed by atoms with E-state index in [1.165, 1.54) is 12.1 Å². The van der Waals surface area contributed by atoms with Crippen molar-refractivity contribution in [2.24, 2.45) is 0 Å². The van der Waals surface area contributed by atoms with Crippen LogP contribution >= 0.6 is 0 Å². The molecule has 0 spiro atoms. The number of nitrogens with one attached hydrogen (secondary N) is 1. The predicted molar refractivity (Wildman–Crippen MR) is 151 cm³/mol. The quantitative estimate of drug-likeness (QED) is 0.268. The van der Waals surface area contributed by atoms with Gasteiger partial charge in [-0.25, -0.2) is 8.42 Å². The Morgan fingerprint density at radius 2 is 1.71 bits per heavy atom. The molecular formula is C30H33N3O4S. The van der Waals surface area contributed by atoms with Crippen LogP contribution in [-0.4, -0.2) is 29.5 Å². The number of aryl methyl sites for hydroxylation is 2. The Kier molecular flexibility index (Phi) is 8.02. The van der Waals surface area contributed by atoms with Crippen LogP contribution in [0.5, 0.6) is 5.75 Å². The summed E-state index contributed by atoms with van der Waals surface area (Å²) < 4.78 is 27.6. The molecule has 0 unspecified atom stereocenters. The van der Waals surface area contributed by atoms with Gasteiger partial charge in [0.15, 0.2) is 10.6 Å². The fraction of sp³-hybridized carbons (Fsp3) is 0.267. The average Bonchev–Trinajstić information content (AvgIpc) is 2.89. The van der Waals surface area contributed by atoms with Gasteiger partial charge in [-0.1, -0.05) is 43.7 Å². The number of hydrogen-bond acceptors (Lipinski definition) is 6. The smallest absolute Gasteiger partial charge is 0.271 e. The first kappa shape index (κ1) is 27.1. The third kappa shape index (κ3) is 5.22. The van der Waals surface area contributed by atoms with Crippen molar-refractivity contribution >= 4 is 21.2 Å². The Morgan fingerprint density at radius 3 is 2.32 bits per heavy atom. The number of anilines is 2. The van der Waals surface area contributed by atoms with Crippen LogP contribution in [0.1, 0.15) is 44.9 Å². The minimum absolute atomic E-state index is 0.0724. The molecule has 2 N–H and O–H groups in total. The predicted octanol–water partition coefficient (Wildman–Crippen LogP) is 6.17. The lowest BCUT2D eigenvalue weighted by Crippen LogP contribution is -2.30. The summed E-state index contributed by atoms with van der Waals surface area (Å²) >= 11 is 0. The molecule has 0 bridgehead atoms. The lowest BCUT2D eigenvalue weighted by atomic mass is 10.0. The van der Waals surface area contributed by atoms with Gasteiger partial charge in [-0.3, -0.25) is 9.78 Å². The van der Waals surface area contributed by atoms with E-state index in [9.17, 15) is 18.3 Å². The van der Waals surface area contributed by atoms with E-state index in [-0.39, 0.29) is 10.9 Å². The van der Waals surface area contributed by atoms with Crippen LogP contribution in [0.4, 0.5) is 11.4 Å². The molecule has 0 radical (unpaired) electrons. The molecule has 0 aliphatic heterocycles. The topological polar surface area (TPSA) is 103 Å². The molecule has 2 heterocycles. The van der Waals surface area contributed by atoms with Gasteiger partial charge in [0.05, 0.1) is 4.90 Å². The number of rotatable bonds is 9. The third-order valence-corrected chi connectivity index (χ3v) is 8.34. The Morgan fingerprint density at radius 1 is 1.03 bits per heavy atom. The van der Waals surface area contributed by atoms with Crippen LogP contribution in [0, 0.1) is 6.92 Å². The lowest BCUT2D eigenvalue weighted by Gasteiger charge is -2.32. The van der Waals surface area contributed by atoms with Crippen molar-refractivity contribution in [3.63, 3.8) is 0 Å². The fourth-order valence-electron chi connectivity index (χ4n) is 4.66. The molecule has 0 amide bonds. The molecule has 38 heavy (non-hydrogen) atoms. The highest BCUT2D eigenvalue weighted by molar-refractivity contribution is 7.91. The van der Waals surface area contributed by atoms with Crippen molar-refractivity contribution in [3.8, 4) is 16.9 Å². The first-order valence-electron chi connectivity index (χ1n) is 12.7. The molecule has 0 aliphatic rings. The third-order valence-electron chi connectivity index (χ3n) is 6.53. The van der Waals surface area contributed by atoms with Gasteiger partial charge in [0.1, 0.15) is 5.69 Å². The van der Waals surface area contributed by atoms with E-state index in [2.05, 4.69) is 9.97 Å². The number of aromatic hydroxyl groups is 1. The van der Waals surface area contributed by atoms with E-state index < -0.39 is 26.0 Å². The van der Waals surface area contributed by atoms with Crippen LogP contribution in [0.2, 0.25) is 0 Å². The highest BCUT2D eigenvalue weighted by atomic mass is 32.2. The van der Waals surface area contributed by atoms with E-state index >= 15 is 0 Å². The molecule has 2 aromatic carbocycles. The van der Waals surface area contributed by atoms with Crippen molar-refractivity contribution in [1.29, 1.82) is 0 Å². The number of aromatic amines is 1. The fourth-order valence-corrected chi connectivity index (χ4v) is 6.03. The van der Waals surface area contributed by atoms with E-state index in [4.69, 9.17) is 0 Å². The van der Waals surface area contributed by atoms with Crippen LogP contribution in [0.15, 0.2) is 87.6 Å². The van der Waals surface area contributed by atoms with Gasteiger partial charge in [0, 0.05) is 29.8 Å². The van der Waals surface area contributed by atoms with Crippen molar-refractivity contribution in [3.05, 3.63) is 94.7 Å². The molecule has 7 nitrogen and oxygen atoms in total. The Balaban J connectivity index is 1.89. The summed E-state index contributed by atoms with van der Waals surface area (Å²) in [7, 11) is -4.34. The van der Waals surface area contributed by atoms with Crippen molar-refractivity contribution in [2.45, 2.75) is 62.8 Å². The SMILES string of the molecule is CCCCc1[nH]c(=O)c(S(=O)(=O)c2ccc(-c3ccncc3C)cc2)c(O)c1N(c1ccccc1)C(C)C. The number of unbranched alkanes of at least 4 members (excludes halogenated alkanes) is 1. The molecule has 0 atom stereocenters. The number of sulfone groups is 1. The number of para-hydroxylation sites is 1. The number of aromatic nitrogens is 2. The van der Waals surface area contributed by atoms with Crippen molar-refractivity contribution in [1.82, 2.24) is 9.97 Å². The summed E-state index contributed by atoms with van der Waals surface area (Å²) in [4.78, 5) is 21.3. The molecule has 2 aromatic heterocycles. The highest BCUT2D eigenvalue weighted by Gasteiger charge is 2.32. The van der Waals surface area contributed by atoms with Crippen molar-refractivity contribution < 1.29 is 13.5 Å². The minimum Gasteiger partial charge on any atom is -0.504 e. The van der Waals surface area contributed by atoms with Gasteiger partial charge in [-0.05, 0) is 80.6 Å². The van der Waals surface area contributed by atoms with Crippen LogP contribution in [0.3, 0.4) is 0 Å². The van der Waals surface area contributed by atoms with Crippen LogP contribution in [0.25, 0.3) is 11.1 Å². The normalized spacial score (nSPS) is 11.6. The lowest BCUT2D eigenvalue weighted by molar-refractivity contribution is 0.453. The van der Waals surface area contributed by atoms with E-state index in [0.717, 1.165) is 35.2 Å². The van der Waals surface area contributed by atoms with Gasteiger partial charge < -0.3 is 15.0 Å². The Hall–Kier alpha value is -3.91. The molecular weight excluding hydrogens is 498 g/mol. The zero-order valence-corrected chi connectivity index (χ0v) is 22.9. The standard InChI is InChI=1S/C30H33N3O4S/c1-5-6-12-26-27(33(20(2)3)23-10-8-7-9-11-23)28(34)29(30(35)32-26)38(36,37)24-15-13-22(14-16-24)25-17-18-31-19-21(25)4/h7-11,13-20H,5-6,12H2,1-4H3,(H2,32,34,35). The molecule has 4 rings (SSSR count). The molecule has 4 aromatic rings. The van der Waals surface area contributed by atoms with Crippen LogP contribution < -0.4 is 10.5 Å². The van der Waals surface area contributed by atoms with E-state index in [1.54, 1.807) is 24.5 Å². The van der Waals surface area contributed by atoms with E-state index in [0.29, 0.717) is 17.8 Å². The van der Waals surface area contributed by atoms with E-state index in [1.807, 2.05) is 69.0 Å². The summed E-state index contributed by atoms with van der Waals surface area (Å²) in [5.41, 5.74) is 3.48. The maximum absolute atomic E-state index is 13.8. The van der Waals surface area contributed by atoms with Gasteiger partial charge in [0.2, 0.25) is 9.84 Å². The molecule has 8 heteroatoms. The minimum atomic E-state index is -4.34. The second-order valence-corrected chi connectivity index (χ2v) is 11.5.